The van der Waals surface area contributed by atoms with Crippen LogP contribution in [0.3, 0.4) is 0 Å². The van der Waals surface area contributed by atoms with Gasteiger partial charge < -0.3 is 9.26 Å². The van der Waals surface area contributed by atoms with E-state index >= 15 is 0 Å². The first-order valence-corrected chi connectivity index (χ1v) is 8.05. The molecule has 1 aliphatic heterocycles. The van der Waals surface area contributed by atoms with Gasteiger partial charge in [-0.3, -0.25) is 0 Å². The zero-order chi connectivity index (χ0) is 14.9. The van der Waals surface area contributed by atoms with Gasteiger partial charge in [-0.15, -0.1) is 0 Å². The first-order valence-electron chi connectivity index (χ1n) is 6.61. The van der Waals surface area contributed by atoms with Crippen LogP contribution in [0, 0.1) is 0 Å². The van der Waals surface area contributed by atoms with Crippen LogP contribution in [0.1, 0.15) is 11.1 Å². The highest BCUT2D eigenvalue weighted by molar-refractivity contribution is 7.89. The molecule has 0 amide bonds. The fraction of sp³-hybridized carbons (Fsp3) is 0.357. The third-order valence-corrected chi connectivity index (χ3v) is 5.39. The van der Waals surface area contributed by atoms with E-state index in [1.807, 2.05) is 18.2 Å². The summed E-state index contributed by atoms with van der Waals surface area (Å²) in [6.45, 7) is 0.809. The van der Waals surface area contributed by atoms with Crippen LogP contribution in [0.15, 0.2) is 46.1 Å². The third kappa shape index (κ3) is 2.85. The van der Waals surface area contributed by atoms with Gasteiger partial charge in [0.05, 0.1) is 18.9 Å². The molecule has 1 aromatic carbocycles. The van der Waals surface area contributed by atoms with E-state index in [9.17, 15) is 8.42 Å². The molecule has 1 unspecified atom stereocenters. The summed E-state index contributed by atoms with van der Waals surface area (Å²) >= 11 is 0. The van der Waals surface area contributed by atoms with E-state index in [-0.39, 0.29) is 11.0 Å². The zero-order valence-corrected chi connectivity index (χ0v) is 12.4. The number of ether oxygens (including phenoxy) is 1. The normalized spacial score (nSPS) is 18.7. The maximum Gasteiger partial charge on any atom is 0.247 e. The summed E-state index contributed by atoms with van der Waals surface area (Å²) < 4.78 is 36.2. The molecule has 1 aliphatic rings. The number of nitrogens with zero attached hydrogens (tertiary/aromatic N) is 2. The van der Waals surface area contributed by atoms with Crippen molar-refractivity contribution in [3.63, 3.8) is 0 Å². The molecule has 0 bridgehead atoms. The van der Waals surface area contributed by atoms with E-state index in [1.54, 1.807) is 0 Å². The summed E-state index contributed by atoms with van der Waals surface area (Å²) in [5, 5.41) is 3.44. The van der Waals surface area contributed by atoms with Crippen molar-refractivity contribution in [3.8, 4) is 0 Å². The Morgan fingerprint density at radius 2 is 2.10 bits per heavy atom. The molecule has 2 heterocycles. The van der Waals surface area contributed by atoms with Crippen molar-refractivity contribution in [2.75, 3.05) is 13.6 Å². The monoisotopic (exact) mass is 308 g/mol. The minimum atomic E-state index is -3.58. The van der Waals surface area contributed by atoms with E-state index in [2.05, 4.69) is 15.7 Å². The molecule has 0 saturated heterocycles. The van der Waals surface area contributed by atoms with E-state index in [4.69, 9.17) is 4.74 Å². The summed E-state index contributed by atoms with van der Waals surface area (Å²) in [6, 6.07) is 8.05. The summed E-state index contributed by atoms with van der Waals surface area (Å²) in [5.74, 6) is 0. The van der Waals surface area contributed by atoms with Gasteiger partial charge in [-0.05, 0) is 11.1 Å². The minimum Gasteiger partial charge on any atom is -0.372 e. The Morgan fingerprint density at radius 1 is 1.33 bits per heavy atom. The maximum atomic E-state index is 12.3. The Hall–Kier alpha value is -1.70. The quantitative estimate of drug-likeness (QED) is 0.854. The van der Waals surface area contributed by atoms with Crippen molar-refractivity contribution in [1.29, 1.82) is 0 Å². The third-order valence-electron chi connectivity index (χ3n) is 3.62. The smallest absolute Gasteiger partial charge is 0.247 e. The van der Waals surface area contributed by atoms with Gasteiger partial charge in [0, 0.05) is 20.0 Å². The summed E-state index contributed by atoms with van der Waals surface area (Å²) in [4.78, 5) is 0.0567. The molecule has 0 aliphatic carbocycles. The molecular formula is C14H16N2O4S. The lowest BCUT2D eigenvalue weighted by atomic mass is 9.99. The van der Waals surface area contributed by atoms with Crippen LogP contribution in [0.4, 0.5) is 0 Å². The average Bonchev–Trinajstić information content (AvgIpc) is 3.02. The van der Waals surface area contributed by atoms with E-state index in [0.29, 0.717) is 19.6 Å². The molecular weight excluding hydrogens is 292 g/mol. The fourth-order valence-electron chi connectivity index (χ4n) is 2.41. The number of hydrogen-bond acceptors (Lipinski definition) is 5. The molecule has 0 fully saturated rings. The lowest BCUT2D eigenvalue weighted by molar-refractivity contribution is 0.0202. The second kappa shape index (κ2) is 5.59. The number of sulfonamides is 1. The standard InChI is InChI=1S/C14H16N2O4S/c1-16(21(17,18)14-7-15-20-10-14)8-13-6-11-4-2-3-5-12(11)9-19-13/h2-5,7,10,13H,6,8-9H2,1H3. The van der Waals surface area contributed by atoms with E-state index in [1.165, 1.54) is 28.7 Å². The van der Waals surface area contributed by atoms with Crippen LogP contribution >= 0.6 is 0 Å². The van der Waals surface area contributed by atoms with Gasteiger partial charge in [-0.2, -0.15) is 4.31 Å². The van der Waals surface area contributed by atoms with Crippen LogP contribution in [0.5, 0.6) is 0 Å². The predicted octanol–water partition coefficient (Wildman–Crippen LogP) is 1.44. The Balaban J connectivity index is 1.71. The topological polar surface area (TPSA) is 72.6 Å². The van der Waals surface area contributed by atoms with Crippen LogP contribution in [-0.4, -0.2) is 37.6 Å². The van der Waals surface area contributed by atoms with Crippen LogP contribution in [0.25, 0.3) is 0 Å². The number of aromatic nitrogens is 1. The van der Waals surface area contributed by atoms with Crippen molar-refractivity contribution in [3.05, 3.63) is 47.9 Å². The van der Waals surface area contributed by atoms with Crippen molar-refractivity contribution in [1.82, 2.24) is 9.46 Å². The fourth-order valence-corrected chi connectivity index (χ4v) is 3.48. The molecule has 3 rings (SSSR count). The largest absolute Gasteiger partial charge is 0.372 e. The second-order valence-corrected chi connectivity index (χ2v) is 7.10. The lowest BCUT2D eigenvalue weighted by Crippen LogP contribution is -2.38. The molecule has 1 aromatic heterocycles. The molecule has 21 heavy (non-hydrogen) atoms. The van der Waals surface area contributed by atoms with Gasteiger partial charge in [0.15, 0.2) is 0 Å². The molecule has 0 radical (unpaired) electrons. The number of fused-ring (bicyclic) bond motifs is 1. The van der Waals surface area contributed by atoms with Gasteiger partial charge in [0.25, 0.3) is 0 Å². The Bertz CT molecular complexity index is 712. The SMILES string of the molecule is CN(CC1Cc2ccccc2CO1)S(=O)(=O)c1cnoc1. The summed E-state index contributed by atoms with van der Waals surface area (Å²) in [7, 11) is -2.04. The zero-order valence-electron chi connectivity index (χ0n) is 11.6. The number of rotatable bonds is 4. The van der Waals surface area contributed by atoms with Crippen molar-refractivity contribution in [2.45, 2.75) is 24.0 Å². The van der Waals surface area contributed by atoms with Gasteiger partial charge in [-0.1, -0.05) is 29.4 Å². The highest BCUT2D eigenvalue weighted by atomic mass is 32.2. The minimum absolute atomic E-state index is 0.0567. The van der Waals surface area contributed by atoms with Crippen molar-refractivity contribution < 1.29 is 17.7 Å². The van der Waals surface area contributed by atoms with Crippen LogP contribution in [0.2, 0.25) is 0 Å². The van der Waals surface area contributed by atoms with Gasteiger partial charge in [-0.25, -0.2) is 8.42 Å². The first-order chi connectivity index (χ1) is 10.1. The molecule has 1 atom stereocenters. The molecule has 6 nitrogen and oxygen atoms in total. The Kier molecular flexibility index (Phi) is 3.79. The lowest BCUT2D eigenvalue weighted by Gasteiger charge is -2.28. The van der Waals surface area contributed by atoms with Crippen molar-refractivity contribution >= 4 is 10.0 Å². The average molecular weight is 308 g/mol. The first kappa shape index (κ1) is 14.2. The predicted molar refractivity (Wildman–Crippen MR) is 75.0 cm³/mol. The highest BCUT2D eigenvalue weighted by Crippen LogP contribution is 2.22. The van der Waals surface area contributed by atoms with Gasteiger partial charge in [0.2, 0.25) is 10.0 Å². The number of hydrogen-bond donors (Lipinski definition) is 0. The van der Waals surface area contributed by atoms with Gasteiger partial charge in [0.1, 0.15) is 11.2 Å². The molecule has 0 spiro atoms. The van der Waals surface area contributed by atoms with Crippen LogP contribution < -0.4 is 0 Å². The molecule has 0 N–H and O–H groups in total. The summed E-state index contributed by atoms with van der Waals surface area (Å²) in [6.07, 6.45) is 2.88. The molecule has 7 heteroatoms. The molecule has 2 aromatic rings. The Morgan fingerprint density at radius 3 is 2.81 bits per heavy atom. The van der Waals surface area contributed by atoms with E-state index in [0.717, 1.165) is 6.26 Å². The Labute approximate surface area is 123 Å². The van der Waals surface area contributed by atoms with Crippen LogP contribution in [-0.2, 0) is 27.8 Å². The number of benzene rings is 1. The van der Waals surface area contributed by atoms with Crippen molar-refractivity contribution in [2.24, 2.45) is 0 Å². The van der Waals surface area contributed by atoms with E-state index < -0.39 is 10.0 Å². The second-order valence-electron chi connectivity index (χ2n) is 5.05. The molecule has 112 valence electrons. The molecule has 0 saturated carbocycles. The summed E-state index contributed by atoms with van der Waals surface area (Å²) in [5.41, 5.74) is 2.38. The van der Waals surface area contributed by atoms with Gasteiger partial charge >= 0.3 is 0 Å². The maximum absolute atomic E-state index is 12.3. The number of likely N-dealkylation sites (N-methyl/N-ethyl adjacent to an activating group) is 1. The highest BCUT2D eigenvalue weighted by Gasteiger charge is 2.27.